The first kappa shape index (κ1) is 9.97. The Labute approximate surface area is 86.4 Å². The molecular weight excluding hydrogens is 174 g/mol. The van der Waals surface area contributed by atoms with Gasteiger partial charge in [0.2, 0.25) is 0 Å². The minimum atomic E-state index is 0.394. The van der Waals surface area contributed by atoms with Crippen molar-refractivity contribution in [1.29, 1.82) is 0 Å². The summed E-state index contributed by atoms with van der Waals surface area (Å²) in [6.07, 6.45) is 2.64. The molecule has 2 bridgehead atoms. The van der Waals surface area contributed by atoms with Crippen LogP contribution in [0.2, 0.25) is 0 Å². The van der Waals surface area contributed by atoms with Gasteiger partial charge in [0.15, 0.2) is 0 Å². The quantitative estimate of drug-likeness (QED) is 0.529. The van der Waals surface area contributed by atoms with Crippen LogP contribution >= 0.6 is 0 Å². The third-order valence-corrected chi connectivity index (χ3v) is 3.53. The highest BCUT2D eigenvalue weighted by Gasteiger charge is 2.33. The molecule has 3 saturated heterocycles. The van der Waals surface area contributed by atoms with Gasteiger partial charge in [-0.15, -0.1) is 0 Å². The fourth-order valence-corrected chi connectivity index (χ4v) is 2.42. The summed E-state index contributed by atoms with van der Waals surface area (Å²) in [7, 11) is 0. The molecule has 0 spiro atoms. The van der Waals surface area contributed by atoms with Gasteiger partial charge in [-0.1, -0.05) is 13.8 Å². The standard InChI is InChI=1S/C11H21N3/c1-8(2)11(12)13-10-7-14-5-3-9(10)4-6-14/h8-10H,3-7H2,1-2H3,(H2,12,13). The predicted octanol–water partition coefficient (Wildman–Crippen LogP) is 1.09. The van der Waals surface area contributed by atoms with E-state index >= 15 is 0 Å². The molecule has 2 N–H and O–H groups in total. The van der Waals surface area contributed by atoms with Gasteiger partial charge in [0.25, 0.3) is 0 Å². The van der Waals surface area contributed by atoms with Crippen LogP contribution in [-0.2, 0) is 0 Å². The van der Waals surface area contributed by atoms with Gasteiger partial charge in [0.1, 0.15) is 0 Å². The maximum absolute atomic E-state index is 5.91. The normalized spacial score (nSPS) is 37.9. The Balaban J connectivity index is 2.02. The molecule has 3 fully saturated rings. The molecule has 3 rings (SSSR count). The molecule has 3 nitrogen and oxygen atoms in total. The highest BCUT2D eigenvalue weighted by atomic mass is 15.2. The van der Waals surface area contributed by atoms with Crippen LogP contribution in [0.4, 0.5) is 0 Å². The van der Waals surface area contributed by atoms with Crippen molar-refractivity contribution < 1.29 is 0 Å². The van der Waals surface area contributed by atoms with E-state index in [9.17, 15) is 0 Å². The fourth-order valence-electron chi connectivity index (χ4n) is 2.42. The van der Waals surface area contributed by atoms with Crippen molar-refractivity contribution in [2.24, 2.45) is 22.6 Å². The van der Waals surface area contributed by atoms with Crippen LogP contribution in [0.3, 0.4) is 0 Å². The molecule has 0 aromatic heterocycles. The summed E-state index contributed by atoms with van der Waals surface area (Å²) in [6, 6.07) is 0.486. The van der Waals surface area contributed by atoms with Gasteiger partial charge < -0.3 is 10.6 Å². The molecule has 1 atom stereocenters. The average Bonchev–Trinajstić information content (AvgIpc) is 2.19. The number of hydrogen-bond acceptors (Lipinski definition) is 2. The van der Waals surface area contributed by atoms with Crippen molar-refractivity contribution in [3.8, 4) is 0 Å². The van der Waals surface area contributed by atoms with Crippen LogP contribution < -0.4 is 5.73 Å². The van der Waals surface area contributed by atoms with Crippen LogP contribution in [0.1, 0.15) is 26.7 Å². The third kappa shape index (κ3) is 1.92. The lowest BCUT2D eigenvalue weighted by atomic mass is 9.84. The summed E-state index contributed by atoms with van der Waals surface area (Å²) < 4.78 is 0. The van der Waals surface area contributed by atoms with Crippen LogP contribution in [0, 0.1) is 11.8 Å². The Bertz CT molecular complexity index is 227. The zero-order chi connectivity index (χ0) is 10.1. The minimum Gasteiger partial charge on any atom is -0.387 e. The molecule has 0 aromatic rings. The average molecular weight is 195 g/mol. The zero-order valence-corrected chi connectivity index (χ0v) is 9.24. The second-order valence-corrected chi connectivity index (χ2v) is 4.91. The smallest absolute Gasteiger partial charge is 0.0966 e. The monoisotopic (exact) mass is 195 g/mol. The van der Waals surface area contributed by atoms with Crippen molar-refractivity contribution in [2.75, 3.05) is 19.6 Å². The zero-order valence-electron chi connectivity index (χ0n) is 9.24. The third-order valence-electron chi connectivity index (χ3n) is 3.53. The highest BCUT2D eigenvalue weighted by Crippen LogP contribution is 2.29. The number of piperidine rings is 3. The number of fused-ring (bicyclic) bond motifs is 3. The molecule has 3 aliphatic rings. The van der Waals surface area contributed by atoms with E-state index in [1.165, 1.54) is 25.9 Å². The first-order valence-corrected chi connectivity index (χ1v) is 5.72. The highest BCUT2D eigenvalue weighted by molar-refractivity contribution is 5.82. The Kier molecular flexibility index (Phi) is 2.77. The van der Waals surface area contributed by atoms with E-state index in [2.05, 4.69) is 23.7 Å². The lowest BCUT2D eigenvalue weighted by molar-refractivity contribution is 0.0904. The molecule has 0 saturated carbocycles. The summed E-state index contributed by atoms with van der Waals surface area (Å²) in [5.41, 5.74) is 5.91. The summed E-state index contributed by atoms with van der Waals surface area (Å²) in [4.78, 5) is 7.19. The second-order valence-electron chi connectivity index (χ2n) is 4.91. The van der Waals surface area contributed by atoms with E-state index in [0.29, 0.717) is 12.0 Å². The number of rotatable bonds is 2. The van der Waals surface area contributed by atoms with Crippen molar-refractivity contribution in [1.82, 2.24) is 4.90 Å². The van der Waals surface area contributed by atoms with E-state index in [-0.39, 0.29) is 0 Å². The summed E-state index contributed by atoms with van der Waals surface area (Å²) in [5, 5.41) is 0. The second kappa shape index (κ2) is 3.89. The van der Waals surface area contributed by atoms with Crippen LogP contribution in [0.25, 0.3) is 0 Å². The van der Waals surface area contributed by atoms with Crippen LogP contribution in [0.15, 0.2) is 4.99 Å². The van der Waals surface area contributed by atoms with Crippen molar-refractivity contribution in [3.63, 3.8) is 0 Å². The van der Waals surface area contributed by atoms with Gasteiger partial charge in [0.05, 0.1) is 11.9 Å². The largest absolute Gasteiger partial charge is 0.387 e. The van der Waals surface area contributed by atoms with Gasteiger partial charge in [-0.2, -0.15) is 0 Å². The van der Waals surface area contributed by atoms with E-state index in [4.69, 9.17) is 5.73 Å². The number of hydrogen-bond donors (Lipinski definition) is 1. The molecular formula is C11H21N3. The molecule has 3 heterocycles. The Morgan fingerprint density at radius 2 is 2.00 bits per heavy atom. The summed E-state index contributed by atoms with van der Waals surface area (Å²) >= 11 is 0. The predicted molar refractivity (Wildman–Crippen MR) is 59.4 cm³/mol. The summed E-state index contributed by atoms with van der Waals surface area (Å²) in [5.74, 6) is 2.03. The molecule has 3 aliphatic heterocycles. The molecule has 0 radical (unpaired) electrons. The van der Waals surface area contributed by atoms with Crippen molar-refractivity contribution in [2.45, 2.75) is 32.7 Å². The Morgan fingerprint density at radius 1 is 1.36 bits per heavy atom. The molecule has 1 unspecified atom stereocenters. The molecule has 0 amide bonds. The van der Waals surface area contributed by atoms with Gasteiger partial charge >= 0.3 is 0 Å². The fraction of sp³-hybridized carbons (Fsp3) is 0.909. The number of aliphatic imine (C=N–C) groups is 1. The van der Waals surface area contributed by atoms with Crippen LogP contribution in [0.5, 0.6) is 0 Å². The van der Waals surface area contributed by atoms with Crippen molar-refractivity contribution >= 4 is 5.84 Å². The van der Waals surface area contributed by atoms with Gasteiger partial charge in [0, 0.05) is 12.5 Å². The molecule has 0 aromatic carbocycles. The molecule has 14 heavy (non-hydrogen) atoms. The van der Waals surface area contributed by atoms with Crippen LogP contribution in [-0.4, -0.2) is 36.4 Å². The Hall–Kier alpha value is -0.570. The molecule has 0 aliphatic carbocycles. The first-order valence-electron chi connectivity index (χ1n) is 5.72. The molecule has 80 valence electrons. The van der Waals surface area contributed by atoms with Crippen molar-refractivity contribution in [3.05, 3.63) is 0 Å². The number of amidine groups is 1. The SMILES string of the molecule is CC(C)C(N)=NC1CN2CCC1CC2. The number of nitrogens with two attached hydrogens (primary N) is 1. The van der Waals surface area contributed by atoms with Gasteiger partial charge in [-0.05, 0) is 31.8 Å². The van der Waals surface area contributed by atoms with E-state index in [1.54, 1.807) is 0 Å². The topological polar surface area (TPSA) is 41.6 Å². The lowest BCUT2D eigenvalue weighted by Crippen LogP contribution is -2.50. The maximum atomic E-state index is 5.91. The minimum absolute atomic E-state index is 0.394. The van der Waals surface area contributed by atoms with Gasteiger partial charge in [-0.3, -0.25) is 4.99 Å². The first-order chi connectivity index (χ1) is 6.66. The number of nitrogens with zero attached hydrogens (tertiary/aromatic N) is 2. The Morgan fingerprint density at radius 3 is 2.43 bits per heavy atom. The summed E-state index contributed by atoms with van der Waals surface area (Å²) in [6.45, 7) is 7.91. The lowest BCUT2D eigenvalue weighted by Gasteiger charge is -2.43. The van der Waals surface area contributed by atoms with E-state index < -0.39 is 0 Å². The maximum Gasteiger partial charge on any atom is 0.0966 e. The van der Waals surface area contributed by atoms with E-state index in [1.807, 2.05) is 0 Å². The van der Waals surface area contributed by atoms with E-state index in [0.717, 1.165) is 18.3 Å². The van der Waals surface area contributed by atoms with Gasteiger partial charge in [-0.25, -0.2) is 0 Å². The molecule has 3 heteroatoms.